The first-order chi connectivity index (χ1) is 11.0. The highest BCUT2D eigenvalue weighted by molar-refractivity contribution is 5.95. The van der Waals surface area contributed by atoms with Crippen molar-refractivity contribution < 1.29 is 14.0 Å². The zero-order chi connectivity index (χ0) is 16.8. The molecule has 0 saturated heterocycles. The molecule has 23 heavy (non-hydrogen) atoms. The average molecular weight is 318 g/mol. The van der Waals surface area contributed by atoms with Crippen LogP contribution < -0.4 is 10.6 Å². The lowest BCUT2D eigenvalue weighted by molar-refractivity contribution is -0.118. The molecule has 0 unspecified atom stereocenters. The summed E-state index contributed by atoms with van der Waals surface area (Å²) >= 11 is 0. The van der Waals surface area contributed by atoms with E-state index in [9.17, 15) is 14.0 Å². The summed E-state index contributed by atoms with van der Waals surface area (Å²) in [5.41, 5.74) is 1.83. The van der Waals surface area contributed by atoms with Crippen molar-refractivity contribution in [3.05, 3.63) is 47.5 Å². The quantitative estimate of drug-likeness (QED) is 0.794. The number of amides is 2. The molecule has 7 heteroatoms. The molecule has 0 radical (unpaired) electrons. The Morgan fingerprint density at radius 1 is 1.17 bits per heavy atom. The van der Waals surface area contributed by atoms with E-state index in [2.05, 4.69) is 15.7 Å². The summed E-state index contributed by atoms with van der Waals surface area (Å²) in [6, 6.07) is 5.89. The molecule has 0 aliphatic heterocycles. The maximum absolute atomic E-state index is 13.0. The Balaban J connectivity index is 1.97. The molecule has 6 nitrogen and oxygen atoms in total. The highest BCUT2D eigenvalue weighted by Gasteiger charge is 2.14. The van der Waals surface area contributed by atoms with Crippen LogP contribution in [0, 0.1) is 12.7 Å². The summed E-state index contributed by atoms with van der Waals surface area (Å²) < 4.78 is 14.6. The molecule has 122 valence electrons. The highest BCUT2D eigenvalue weighted by Crippen LogP contribution is 2.14. The van der Waals surface area contributed by atoms with Gasteiger partial charge in [-0.1, -0.05) is 0 Å². The molecule has 2 amide bonds. The van der Waals surface area contributed by atoms with Crippen molar-refractivity contribution in [2.45, 2.75) is 20.3 Å². The lowest BCUT2D eigenvalue weighted by atomic mass is 10.2. The van der Waals surface area contributed by atoms with Gasteiger partial charge in [0.15, 0.2) is 0 Å². The Labute approximate surface area is 133 Å². The van der Waals surface area contributed by atoms with E-state index in [-0.39, 0.29) is 17.6 Å². The first kappa shape index (κ1) is 16.7. The Kier molecular flexibility index (Phi) is 5.46. The van der Waals surface area contributed by atoms with Crippen LogP contribution in [0.4, 0.5) is 4.39 Å². The monoisotopic (exact) mass is 318 g/mol. The highest BCUT2D eigenvalue weighted by atomic mass is 19.1. The number of rotatable bonds is 6. The topological polar surface area (TPSA) is 76.0 Å². The van der Waals surface area contributed by atoms with Crippen molar-refractivity contribution in [1.29, 1.82) is 0 Å². The summed E-state index contributed by atoms with van der Waals surface area (Å²) in [5.74, 6) is -0.637. The van der Waals surface area contributed by atoms with Gasteiger partial charge in [-0.05, 0) is 37.6 Å². The van der Waals surface area contributed by atoms with Crippen molar-refractivity contribution in [1.82, 2.24) is 20.4 Å². The second-order valence-corrected chi connectivity index (χ2v) is 5.12. The Morgan fingerprint density at radius 3 is 2.48 bits per heavy atom. The van der Waals surface area contributed by atoms with Crippen LogP contribution in [0.25, 0.3) is 5.69 Å². The van der Waals surface area contributed by atoms with Crippen molar-refractivity contribution in [2.24, 2.45) is 0 Å². The average Bonchev–Trinajstić information content (AvgIpc) is 2.89. The van der Waals surface area contributed by atoms with Gasteiger partial charge in [0.2, 0.25) is 5.91 Å². The second-order valence-electron chi connectivity index (χ2n) is 5.12. The molecular formula is C16H19FN4O2. The van der Waals surface area contributed by atoms with Crippen LogP contribution in [-0.2, 0) is 4.79 Å². The maximum atomic E-state index is 13.0. The van der Waals surface area contributed by atoms with Crippen molar-refractivity contribution >= 4 is 11.8 Å². The molecule has 0 spiro atoms. The standard InChI is InChI=1S/C16H19FN4O2/c1-11-15(16(23)19-9-3-8-18-12(2)22)10-20-21(11)14-6-4-13(17)5-7-14/h4-7,10H,3,8-9H2,1-2H3,(H,18,22)(H,19,23). The first-order valence-corrected chi connectivity index (χ1v) is 7.32. The van der Waals surface area contributed by atoms with E-state index in [1.165, 1.54) is 25.3 Å². The molecule has 0 atom stereocenters. The van der Waals surface area contributed by atoms with Gasteiger partial charge in [-0.3, -0.25) is 9.59 Å². The summed E-state index contributed by atoms with van der Waals surface area (Å²) in [4.78, 5) is 22.9. The molecule has 2 aromatic rings. The number of nitrogens with one attached hydrogen (secondary N) is 2. The zero-order valence-electron chi connectivity index (χ0n) is 13.1. The largest absolute Gasteiger partial charge is 0.356 e. The minimum Gasteiger partial charge on any atom is -0.356 e. The van der Waals surface area contributed by atoms with E-state index in [1.807, 2.05) is 0 Å². The van der Waals surface area contributed by atoms with Crippen molar-refractivity contribution in [2.75, 3.05) is 13.1 Å². The fourth-order valence-corrected chi connectivity index (χ4v) is 2.13. The second kappa shape index (κ2) is 7.53. The molecule has 2 rings (SSSR count). The van der Waals surface area contributed by atoms with Gasteiger partial charge in [-0.15, -0.1) is 0 Å². The predicted octanol–water partition coefficient (Wildman–Crippen LogP) is 1.58. The number of carbonyl (C=O) groups excluding carboxylic acids is 2. The molecule has 2 N–H and O–H groups in total. The smallest absolute Gasteiger partial charge is 0.254 e. The van der Waals surface area contributed by atoms with Gasteiger partial charge in [0.05, 0.1) is 23.1 Å². The third-order valence-corrected chi connectivity index (χ3v) is 3.34. The predicted molar refractivity (Wildman–Crippen MR) is 83.9 cm³/mol. The molecule has 1 heterocycles. The van der Waals surface area contributed by atoms with E-state index in [4.69, 9.17) is 0 Å². The number of benzene rings is 1. The number of carbonyl (C=O) groups is 2. The van der Waals surface area contributed by atoms with E-state index in [1.54, 1.807) is 23.7 Å². The van der Waals surface area contributed by atoms with Crippen LogP contribution in [0.2, 0.25) is 0 Å². The maximum Gasteiger partial charge on any atom is 0.254 e. The van der Waals surface area contributed by atoms with Crippen molar-refractivity contribution in [3.8, 4) is 5.69 Å². The molecule has 0 aliphatic carbocycles. The van der Waals surface area contributed by atoms with Crippen LogP contribution in [0.1, 0.15) is 29.4 Å². The SMILES string of the molecule is CC(=O)NCCCNC(=O)c1cnn(-c2ccc(F)cc2)c1C. The van der Waals surface area contributed by atoms with Gasteiger partial charge < -0.3 is 10.6 Å². The number of aromatic nitrogens is 2. The van der Waals surface area contributed by atoms with Gasteiger partial charge in [0.25, 0.3) is 5.91 Å². The lowest BCUT2D eigenvalue weighted by Gasteiger charge is -2.07. The number of halogens is 1. The number of nitrogens with zero attached hydrogens (tertiary/aromatic N) is 2. The third kappa shape index (κ3) is 4.38. The van der Waals surface area contributed by atoms with Gasteiger partial charge in [-0.2, -0.15) is 5.10 Å². The minimum absolute atomic E-state index is 0.0901. The van der Waals surface area contributed by atoms with E-state index in [0.717, 1.165) is 0 Å². The van der Waals surface area contributed by atoms with Crippen LogP contribution in [0.3, 0.4) is 0 Å². The van der Waals surface area contributed by atoms with Crippen LogP contribution >= 0.6 is 0 Å². The summed E-state index contributed by atoms with van der Waals surface area (Å²) in [6.07, 6.45) is 2.14. The molecule has 0 saturated carbocycles. The number of hydrogen-bond donors (Lipinski definition) is 2. The van der Waals surface area contributed by atoms with Gasteiger partial charge in [-0.25, -0.2) is 9.07 Å². The van der Waals surface area contributed by atoms with Gasteiger partial charge in [0.1, 0.15) is 5.82 Å². The lowest BCUT2D eigenvalue weighted by Crippen LogP contribution is -2.29. The third-order valence-electron chi connectivity index (χ3n) is 3.34. The van der Waals surface area contributed by atoms with Crippen LogP contribution in [-0.4, -0.2) is 34.7 Å². The molecule has 0 aliphatic rings. The Bertz CT molecular complexity index is 695. The minimum atomic E-state index is -0.323. The van der Waals surface area contributed by atoms with E-state index in [0.29, 0.717) is 36.5 Å². The van der Waals surface area contributed by atoms with E-state index < -0.39 is 0 Å². The fourth-order valence-electron chi connectivity index (χ4n) is 2.13. The summed E-state index contributed by atoms with van der Waals surface area (Å²) in [5, 5.41) is 9.63. The zero-order valence-corrected chi connectivity index (χ0v) is 13.1. The molecule has 1 aromatic heterocycles. The van der Waals surface area contributed by atoms with Crippen molar-refractivity contribution in [3.63, 3.8) is 0 Å². The molecular weight excluding hydrogens is 299 g/mol. The van der Waals surface area contributed by atoms with E-state index >= 15 is 0 Å². The summed E-state index contributed by atoms with van der Waals surface area (Å²) in [7, 11) is 0. The van der Waals surface area contributed by atoms with Crippen LogP contribution in [0.15, 0.2) is 30.5 Å². The fraction of sp³-hybridized carbons (Fsp3) is 0.312. The molecule has 0 bridgehead atoms. The summed E-state index contributed by atoms with van der Waals surface area (Å²) in [6.45, 7) is 4.21. The number of hydrogen-bond acceptors (Lipinski definition) is 3. The first-order valence-electron chi connectivity index (χ1n) is 7.32. The van der Waals surface area contributed by atoms with Gasteiger partial charge >= 0.3 is 0 Å². The Hall–Kier alpha value is -2.70. The van der Waals surface area contributed by atoms with Gasteiger partial charge in [0, 0.05) is 20.0 Å². The van der Waals surface area contributed by atoms with Crippen LogP contribution in [0.5, 0.6) is 0 Å². The molecule has 1 aromatic carbocycles. The molecule has 0 fully saturated rings. The Morgan fingerprint density at radius 2 is 1.83 bits per heavy atom. The normalized spacial score (nSPS) is 10.4.